The molecule has 2 aromatic rings. The molecule has 0 saturated carbocycles. The second kappa shape index (κ2) is 6.82. The number of carbonyl (C=O) groups is 2. The van der Waals surface area contributed by atoms with Gasteiger partial charge in [0, 0.05) is 11.1 Å². The Kier molecular flexibility index (Phi) is 4.84. The zero-order valence-corrected chi connectivity index (χ0v) is 13.1. The van der Waals surface area contributed by atoms with Crippen LogP contribution in [-0.2, 0) is 4.79 Å². The molecule has 0 saturated heterocycles. The van der Waals surface area contributed by atoms with E-state index >= 15 is 0 Å². The summed E-state index contributed by atoms with van der Waals surface area (Å²) in [4.78, 5) is 22.9. The Morgan fingerprint density at radius 2 is 2.00 bits per heavy atom. The molecule has 0 atom stereocenters. The molecule has 24 heavy (non-hydrogen) atoms. The zero-order chi connectivity index (χ0) is 17.9. The number of hydrogen-bond acceptors (Lipinski definition) is 5. The van der Waals surface area contributed by atoms with E-state index in [0.717, 1.165) is 0 Å². The van der Waals surface area contributed by atoms with Crippen molar-refractivity contribution in [1.82, 2.24) is 0 Å². The average Bonchev–Trinajstić information content (AvgIpc) is 2.97. The molecule has 0 spiro atoms. The summed E-state index contributed by atoms with van der Waals surface area (Å²) in [5.41, 5.74) is 6.66. The number of esters is 1. The quantitative estimate of drug-likeness (QED) is 0.254. The van der Waals surface area contributed by atoms with Gasteiger partial charge in [-0.2, -0.15) is 0 Å². The number of carbonyl (C=O) groups excluding carboxylic acids is 1. The van der Waals surface area contributed by atoms with Gasteiger partial charge in [-0.1, -0.05) is 0 Å². The summed E-state index contributed by atoms with van der Waals surface area (Å²) in [5, 5.41) is 16.2. The Hall–Kier alpha value is -3.35. The summed E-state index contributed by atoms with van der Waals surface area (Å²) in [6.07, 6.45) is 1.31. The van der Waals surface area contributed by atoms with Gasteiger partial charge in [0.15, 0.2) is 0 Å². The highest BCUT2D eigenvalue weighted by molar-refractivity contribution is 5.95. The van der Waals surface area contributed by atoms with Gasteiger partial charge in [0.25, 0.3) is 0 Å². The third kappa shape index (κ3) is 3.89. The Balaban J connectivity index is 2.16. The van der Waals surface area contributed by atoms with Gasteiger partial charge in [0.1, 0.15) is 17.3 Å². The lowest BCUT2D eigenvalue weighted by Gasteiger charge is -2.07. The number of nitrogens with one attached hydrogen (secondary N) is 1. The molecule has 7 heteroatoms. The molecule has 0 fully saturated rings. The van der Waals surface area contributed by atoms with E-state index in [0.29, 0.717) is 16.9 Å². The van der Waals surface area contributed by atoms with Crippen molar-refractivity contribution in [3.8, 4) is 5.75 Å². The summed E-state index contributed by atoms with van der Waals surface area (Å²) in [5.74, 6) is -1.34. The molecular weight excluding hydrogens is 312 g/mol. The minimum atomic E-state index is -1.07. The third-order valence-electron chi connectivity index (χ3n) is 3.21. The predicted octanol–water partition coefficient (Wildman–Crippen LogP) is 2.58. The molecule has 1 aromatic heterocycles. The SMILES string of the molecule is C/C(=C\c1ccc(C(=O)Oc2ccc(C(=N)N)cc2C)o1)C(=O)O. The lowest BCUT2D eigenvalue weighted by Crippen LogP contribution is -2.12. The van der Waals surface area contributed by atoms with Crippen molar-refractivity contribution in [2.75, 3.05) is 0 Å². The van der Waals surface area contributed by atoms with E-state index in [1.165, 1.54) is 25.1 Å². The standard InChI is InChI=1S/C17H16N2O5/c1-9-7-11(15(18)19)3-5-13(9)24-17(22)14-6-4-12(23-14)8-10(2)16(20)21/h3-8H,1-2H3,(H3,18,19)(H,20,21)/b10-8+. The van der Waals surface area contributed by atoms with Gasteiger partial charge in [-0.25, -0.2) is 9.59 Å². The molecule has 0 aliphatic rings. The van der Waals surface area contributed by atoms with Crippen LogP contribution in [0.1, 0.15) is 34.4 Å². The van der Waals surface area contributed by atoms with Crippen molar-refractivity contribution in [3.63, 3.8) is 0 Å². The van der Waals surface area contributed by atoms with Gasteiger partial charge in [-0.15, -0.1) is 0 Å². The fraction of sp³-hybridized carbons (Fsp3) is 0.118. The largest absolute Gasteiger partial charge is 0.478 e. The van der Waals surface area contributed by atoms with Crippen molar-refractivity contribution in [3.05, 3.63) is 58.6 Å². The van der Waals surface area contributed by atoms with Crippen LogP contribution in [0.2, 0.25) is 0 Å². The normalized spacial score (nSPS) is 11.2. The number of hydrogen-bond donors (Lipinski definition) is 3. The van der Waals surface area contributed by atoms with Crippen LogP contribution in [-0.4, -0.2) is 22.9 Å². The maximum atomic E-state index is 12.1. The Morgan fingerprint density at radius 1 is 1.29 bits per heavy atom. The molecule has 1 heterocycles. The summed E-state index contributed by atoms with van der Waals surface area (Å²) in [6.45, 7) is 3.14. The van der Waals surface area contributed by atoms with Crippen LogP contribution in [0.4, 0.5) is 0 Å². The molecule has 7 nitrogen and oxygen atoms in total. The van der Waals surface area contributed by atoms with Crippen molar-refractivity contribution >= 4 is 23.9 Å². The van der Waals surface area contributed by atoms with E-state index in [-0.39, 0.29) is 22.9 Å². The molecule has 0 radical (unpaired) electrons. The third-order valence-corrected chi connectivity index (χ3v) is 3.21. The van der Waals surface area contributed by atoms with Crippen molar-refractivity contribution in [1.29, 1.82) is 5.41 Å². The highest BCUT2D eigenvalue weighted by Crippen LogP contribution is 2.21. The Bertz CT molecular complexity index is 848. The van der Waals surface area contributed by atoms with Gasteiger partial charge in [-0.05, 0) is 55.8 Å². The molecular formula is C17H16N2O5. The van der Waals surface area contributed by atoms with E-state index in [4.69, 9.17) is 25.4 Å². The van der Waals surface area contributed by atoms with Crippen molar-refractivity contribution in [2.45, 2.75) is 13.8 Å². The summed E-state index contributed by atoms with van der Waals surface area (Å²) < 4.78 is 10.5. The monoisotopic (exact) mass is 328 g/mol. The molecule has 0 aliphatic carbocycles. The van der Waals surface area contributed by atoms with Gasteiger partial charge in [0.05, 0.1) is 0 Å². The highest BCUT2D eigenvalue weighted by Gasteiger charge is 2.15. The van der Waals surface area contributed by atoms with Gasteiger partial charge < -0.3 is 20.0 Å². The van der Waals surface area contributed by atoms with Crippen LogP contribution in [0.5, 0.6) is 5.75 Å². The van der Waals surface area contributed by atoms with Gasteiger partial charge >= 0.3 is 11.9 Å². The molecule has 1 aromatic carbocycles. The summed E-state index contributed by atoms with van der Waals surface area (Å²) in [7, 11) is 0. The molecule has 4 N–H and O–H groups in total. The van der Waals surface area contributed by atoms with Crippen LogP contribution >= 0.6 is 0 Å². The van der Waals surface area contributed by atoms with E-state index < -0.39 is 11.9 Å². The number of rotatable bonds is 5. The number of ether oxygens (including phenoxy) is 1. The second-order valence-corrected chi connectivity index (χ2v) is 5.12. The number of nitrogen functional groups attached to an aromatic ring is 1. The molecule has 0 unspecified atom stereocenters. The van der Waals surface area contributed by atoms with E-state index in [2.05, 4.69) is 0 Å². The lowest BCUT2D eigenvalue weighted by molar-refractivity contribution is -0.132. The number of carboxylic acids is 1. The van der Waals surface area contributed by atoms with Gasteiger partial charge in [-0.3, -0.25) is 5.41 Å². The first kappa shape index (κ1) is 17.0. The zero-order valence-electron chi connectivity index (χ0n) is 13.1. The summed E-state index contributed by atoms with van der Waals surface area (Å²) in [6, 6.07) is 7.64. The maximum absolute atomic E-state index is 12.1. The van der Waals surface area contributed by atoms with E-state index in [1.54, 1.807) is 25.1 Å². The summed E-state index contributed by atoms with van der Waals surface area (Å²) >= 11 is 0. The maximum Gasteiger partial charge on any atom is 0.379 e. The molecule has 2 rings (SSSR count). The number of aliphatic carboxylic acids is 1. The lowest BCUT2D eigenvalue weighted by atomic mass is 10.1. The first-order chi connectivity index (χ1) is 11.3. The van der Waals surface area contributed by atoms with Crippen LogP contribution in [0.25, 0.3) is 6.08 Å². The number of furan rings is 1. The molecule has 124 valence electrons. The van der Waals surface area contributed by atoms with Crippen LogP contribution in [0, 0.1) is 12.3 Å². The topological polar surface area (TPSA) is 127 Å². The van der Waals surface area contributed by atoms with E-state index in [1.807, 2.05) is 0 Å². The number of nitrogens with two attached hydrogens (primary N) is 1. The predicted molar refractivity (Wildman–Crippen MR) is 87.1 cm³/mol. The fourth-order valence-electron chi connectivity index (χ4n) is 1.90. The van der Waals surface area contributed by atoms with E-state index in [9.17, 15) is 9.59 Å². The van der Waals surface area contributed by atoms with Crippen LogP contribution in [0.15, 0.2) is 40.3 Å². The molecule has 0 amide bonds. The Morgan fingerprint density at radius 3 is 2.58 bits per heavy atom. The smallest absolute Gasteiger partial charge is 0.379 e. The minimum absolute atomic E-state index is 0.0468. The first-order valence-corrected chi connectivity index (χ1v) is 6.96. The van der Waals surface area contributed by atoms with Crippen LogP contribution < -0.4 is 10.5 Å². The number of aryl methyl sites for hydroxylation is 1. The number of carboxylic acid groups (broad SMARTS) is 1. The molecule has 0 bridgehead atoms. The Labute approximate surface area is 137 Å². The number of benzene rings is 1. The van der Waals surface area contributed by atoms with Crippen LogP contribution in [0.3, 0.4) is 0 Å². The minimum Gasteiger partial charge on any atom is -0.478 e. The number of amidine groups is 1. The first-order valence-electron chi connectivity index (χ1n) is 6.96. The van der Waals surface area contributed by atoms with Crippen molar-refractivity contribution in [2.24, 2.45) is 5.73 Å². The average molecular weight is 328 g/mol. The second-order valence-electron chi connectivity index (χ2n) is 5.12. The van der Waals surface area contributed by atoms with Gasteiger partial charge in [0.2, 0.25) is 5.76 Å². The highest BCUT2D eigenvalue weighted by atomic mass is 16.5. The fourth-order valence-corrected chi connectivity index (χ4v) is 1.90. The van der Waals surface area contributed by atoms with Crippen molar-refractivity contribution < 1.29 is 23.8 Å². The molecule has 0 aliphatic heterocycles.